The van der Waals surface area contributed by atoms with Gasteiger partial charge in [-0.25, -0.2) is 14.4 Å². The molecule has 0 fully saturated rings. The second-order valence-corrected chi connectivity index (χ2v) is 9.24. The molecule has 0 amide bonds. The van der Waals surface area contributed by atoms with Crippen LogP contribution in [-0.4, -0.2) is 31.6 Å². The maximum Gasteiger partial charge on any atom is 0.343 e. The van der Waals surface area contributed by atoms with Gasteiger partial charge in [-0.1, -0.05) is 42.9 Å². The Morgan fingerprint density at radius 2 is 1.61 bits per heavy atom. The van der Waals surface area contributed by atoms with Gasteiger partial charge in [-0.15, -0.1) is 0 Å². The average molecular weight is 484 g/mol. The number of rotatable bonds is 7. The molecule has 0 spiro atoms. The predicted molar refractivity (Wildman–Crippen MR) is 125 cm³/mol. The van der Waals surface area contributed by atoms with Crippen molar-refractivity contribution >= 4 is 41.4 Å². The van der Waals surface area contributed by atoms with E-state index in [0.29, 0.717) is 20.4 Å². The summed E-state index contributed by atoms with van der Waals surface area (Å²) >= 11 is 2.51. The summed E-state index contributed by atoms with van der Waals surface area (Å²) in [5.74, 6) is -1.41. The van der Waals surface area contributed by atoms with E-state index in [4.69, 9.17) is 16.0 Å². The predicted octanol–water partition coefficient (Wildman–Crippen LogP) is 5.63. The standard InChI is InChI=1S/C24H21NO6S2/c1-5-6-13-30-23(28)18(25-3)24-32-19-14(2)7-12-17(20(19)33-24)31-22(27)16-10-8-15(9-11-16)21(26)29-4/h7-12H,5-6,13H2,1-2,4H3. The molecule has 9 heteroatoms. The van der Waals surface area contributed by atoms with E-state index < -0.39 is 17.9 Å². The van der Waals surface area contributed by atoms with Crippen LogP contribution in [0.2, 0.25) is 0 Å². The maximum atomic E-state index is 12.7. The molecule has 0 N–H and O–H groups in total. The number of fused-ring (bicyclic) bond motifs is 1. The molecule has 0 atom stereocenters. The molecule has 2 aromatic rings. The van der Waals surface area contributed by atoms with E-state index in [0.717, 1.165) is 23.3 Å². The summed E-state index contributed by atoms with van der Waals surface area (Å²) in [5, 5.41) is 0. The van der Waals surface area contributed by atoms with Gasteiger partial charge in [0.1, 0.15) is 5.75 Å². The molecule has 33 heavy (non-hydrogen) atoms. The maximum absolute atomic E-state index is 12.7. The van der Waals surface area contributed by atoms with Gasteiger partial charge in [0.2, 0.25) is 0 Å². The van der Waals surface area contributed by atoms with E-state index in [1.54, 1.807) is 6.07 Å². The molecule has 0 bridgehead atoms. The molecule has 170 valence electrons. The summed E-state index contributed by atoms with van der Waals surface area (Å²) in [6.45, 7) is 11.6. The number of methoxy groups -OCH3 is 1. The fourth-order valence-corrected chi connectivity index (χ4v) is 5.45. The lowest BCUT2D eigenvalue weighted by Crippen LogP contribution is -2.10. The van der Waals surface area contributed by atoms with Crippen molar-refractivity contribution in [3.05, 3.63) is 74.4 Å². The number of thioether (sulfide) groups is 2. The molecule has 0 radical (unpaired) electrons. The van der Waals surface area contributed by atoms with Gasteiger partial charge in [-0.2, -0.15) is 0 Å². The third kappa shape index (κ3) is 5.59. The number of benzene rings is 2. The Labute approximate surface area is 200 Å². The molecule has 7 nitrogen and oxygen atoms in total. The molecule has 1 heterocycles. The van der Waals surface area contributed by atoms with Crippen LogP contribution in [0.4, 0.5) is 0 Å². The highest BCUT2D eigenvalue weighted by atomic mass is 32.2. The van der Waals surface area contributed by atoms with Gasteiger partial charge in [0.05, 0.1) is 40.5 Å². The lowest BCUT2D eigenvalue weighted by Gasteiger charge is -2.10. The van der Waals surface area contributed by atoms with Gasteiger partial charge in [-0.05, 0) is 49.2 Å². The zero-order valence-corrected chi connectivity index (χ0v) is 19.9. The SMILES string of the molecule is [C-]#[N+]C(C(=O)OCCCC)=C1Sc2c(C)ccc(OC(=O)c3ccc(C(=O)OC)cc3)c2S1. The molecule has 0 aromatic heterocycles. The fraction of sp³-hybridized carbons (Fsp3) is 0.250. The van der Waals surface area contributed by atoms with Crippen molar-refractivity contribution in [1.29, 1.82) is 0 Å². The zero-order chi connectivity index (χ0) is 24.0. The number of aryl methyl sites for hydroxylation is 1. The van der Waals surface area contributed by atoms with E-state index in [2.05, 4.69) is 9.58 Å². The molecular weight excluding hydrogens is 462 g/mol. The summed E-state index contributed by atoms with van der Waals surface area (Å²) in [7, 11) is 1.28. The summed E-state index contributed by atoms with van der Waals surface area (Å²) < 4.78 is 16.0. The number of carbonyl (C=O) groups is 3. The first-order chi connectivity index (χ1) is 15.9. The van der Waals surface area contributed by atoms with Crippen molar-refractivity contribution < 1.29 is 28.6 Å². The van der Waals surface area contributed by atoms with Gasteiger partial charge in [0.25, 0.3) is 5.70 Å². The van der Waals surface area contributed by atoms with Crippen molar-refractivity contribution in [2.45, 2.75) is 36.5 Å². The largest absolute Gasteiger partial charge is 0.471 e. The first-order valence-electron chi connectivity index (χ1n) is 10.1. The summed E-state index contributed by atoms with van der Waals surface area (Å²) in [5.41, 5.74) is 1.45. The highest BCUT2D eigenvalue weighted by Crippen LogP contribution is 2.57. The number of esters is 3. The number of hydrogen-bond donors (Lipinski definition) is 0. The van der Waals surface area contributed by atoms with Gasteiger partial charge >= 0.3 is 17.9 Å². The Balaban J connectivity index is 1.83. The average Bonchev–Trinajstić information content (AvgIpc) is 3.27. The fourth-order valence-electron chi connectivity index (χ4n) is 2.82. The minimum absolute atomic E-state index is 0.0765. The van der Waals surface area contributed by atoms with Crippen LogP contribution >= 0.6 is 23.5 Å². The molecule has 2 aromatic carbocycles. The smallest absolute Gasteiger partial charge is 0.343 e. The second-order valence-electron chi connectivity index (χ2n) is 6.94. The third-order valence-electron chi connectivity index (χ3n) is 4.64. The van der Waals surface area contributed by atoms with E-state index in [-0.39, 0.29) is 17.9 Å². The van der Waals surface area contributed by atoms with Crippen molar-refractivity contribution in [3.8, 4) is 5.75 Å². The van der Waals surface area contributed by atoms with Gasteiger partial charge in [0, 0.05) is 4.90 Å². The lowest BCUT2D eigenvalue weighted by atomic mass is 10.1. The number of ether oxygens (including phenoxy) is 3. The van der Waals surface area contributed by atoms with E-state index in [1.165, 1.54) is 54.9 Å². The van der Waals surface area contributed by atoms with Gasteiger partial charge < -0.3 is 14.2 Å². The van der Waals surface area contributed by atoms with Gasteiger partial charge in [-0.3, -0.25) is 4.79 Å². The van der Waals surface area contributed by atoms with Crippen LogP contribution in [0, 0.1) is 13.5 Å². The van der Waals surface area contributed by atoms with Crippen LogP contribution < -0.4 is 4.74 Å². The molecule has 3 rings (SSSR count). The Morgan fingerprint density at radius 3 is 2.21 bits per heavy atom. The Kier molecular flexibility index (Phi) is 8.20. The van der Waals surface area contributed by atoms with Crippen LogP contribution in [0.1, 0.15) is 46.0 Å². The topological polar surface area (TPSA) is 83.3 Å². The van der Waals surface area contributed by atoms with Crippen LogP contribution in [0.25, 0.3) is 4.85 Å². The van der Waals surface area contributed by atoms with E-state index >= 15 is 0 Å². The summed E-state index contributed by atoms with van der Waals surface area (Å²) in [6.07, 6.45) is 1.61. The number of hydrogen-bond acceptors (Lipinski definition) is 8. The van der Waals surface area contributed by atoms with Crippen LogP contribution in [0.3, 0.4) is 0 Å². The third-order valence-corrected chi connectivity index (χ3v) is 7.36. The lowest BCUT2D eigenvalue weighted by molar-refractivity contribution is -0.138. The van der Waals surface area contributed by atoms with Crippen molar-refractivity contribution in [2.75, 3.05) is 13.7 Å². The molecule has 0 aliphatic carbocycles. The molecule has 0 saturated carbocycles. The quantitative estimate of drug-likeness (QED) is 0.165. The van der Waals surface area contributed by atoms with E-state index in [1.807, 2.05) is 19.9 Å². The van der Waals surface area contributed by atoms with Crippen LogP contribution in [-0.2, 0) is 14.3 Å². The highest BCUT2D eigenvalue weighted by Gasteiger charge is 2.30. The zero-order valence-electron chi connectivity index (χ0n) is 18.3. The normalized spacial score (nSPS) is 13.5. The van der Waals surface area contributed by atoms with E-state index in [9.17, 15) is 14.4 Å². The van der Waals surface area contributed by atoms with Crippen LogP contribution in [0.5, 0.6) is 5.75 Å². The molecule has 1 aliphatic rings. The minimum Gasteiger partial charge on any atom is -0.471 e. The number of carbonyl (C=O) groups excluding carboxylic acids is 3. The number of unbranched alkanes of at least 4 members (excludes halogenated alkanes) is 1. The van der Waals surface area contributed by atoms with Crippen molar-refractivity contribution in [2.24, 2.45) is 0 Å². The van der Waals surface area contributed by atoms with Gasteiger partial charge in [0.15, 0.2) is 0 Å². The Hall–Kier alpha value is -3.22. The highest BCUT2D eigenvalue weighted by molar-refractivity contribution is 8.24. The first-order valence-corrected chi connectivity index (χ1v) is 11.7. The molecular formula is C24H21NO6S2. The molecule has 1 aliphatic heterocycles. The Bertz CT molecular complexity index is 1160. The summed E-state index contributed by atoms with van der Waals surface area (Å²) in [6, 6.07) is 9.44. The Morgan fingerprint density at radius 1 is 0.970 bits per heavy atom. The van der Waals surface area contributed by atoms with Crippen molar-refractivity contribution in [3.63, 3.8) is 0 Å². The van der Waals surface area contributed by atoms with Crippen LogP contribution in [0.15, 0.2) is 56.1 Å². The monoisotopic (exact) mass is 483 g/mol. The minimum atomic E-state index is -0.650. The van der Waals surface area contributed by atoms with Crippen molar-refractivity contribution in [1.82, 2.24) is 0 Å². The second kappa shape index (κ2) is 11.1. The molecule has 0 unspecified atom stereocenters. The molecule has 0 saturated heterocycles. The number of nitrogens with zero attached hydrogens (tertiary/aromatic N) is 1. The first kappa shape index (κ1) is 24.4. The summed E-state index contributed by atoms with van der Waals surface area (Å²) in [4.78, 5) is 41.5.